The molecular weight excluding hydrogens is 222 g/mol. The van der Waals surface area contributed by atoms with Crippen LogP contribution in [0.25, 0.3) is 10.9 Å². The van der Waals surface area contributed by atoms with Crippen LogP contribution in [0.15, 0.2) is 36.5 Å². The first-order valence-corrected chi connectivity index (χ1v) is 5.43. The third-order valence-electron chi connectivity index (χ3n) is 2.44. The number of hydrogen-bond donors (Lipinski definition) is 2. The molecule has 0 amide bonds. The van der Waals surface area contributed by atoms with Gasteiger partial charge in [-0.15, -0.1) is 0 Å². The van der Waals surface area contributed by atoms with Crippen molar-refractivity contribution in [2.75, 3.05) is 0 Å². The molecule has 2 rings (SSSR count). The van der Waals surface area contributed by atoms with E-state index in [2.05, 4.69) is 17.6 Å². The molecule has 16 heavy (non-hydrogen) atoms. The molecule has 0 aliphatic heterocycles. The maximum absolute atomic E-state index is 10.7. The van der Waals surface area contributed by atoms with Crippen molar-refractivity contribution in [1.29, 1.82) is 0 Å². The lowest BCUT2D eigenvalue weighted by Crippen LogP contribution is -2.16. The standard InChI is InChI=1S/C12H11NO2S/c14-12(15)11(16)7-8-5-6-13-10-4-2-1-3-9(8)10/h1-6,11,16H,7H2,(H,14,15). The van der Waals surface area contributed by atoms with Crippen LogP contribution in [0.2, 0.25) is 0 Å². The second-order valence-corrected chi connectivity index (χ2v) is 4.17. The van der Waals surface area contributed by atoms with Crippen molar-refractivity contribution in [2.45, 2.75) is 11.7 Å². The largest absolute Gasteiger partial charge is 0.480 e. The second kappa shape index (κ2) is 4.53. The monoisotopic (exact) mass is 233 g/mol. The normalized spacial score (nSPS) is 12.6. The Kier molecular flexibility index (Phi) is 3.10. The van der Waals surface area contributed by atoms with Gasteiger partial charge in [0.2, 0.25) is 0 Å². The van der Waals surface area contributed by atoms with E-state index >= 15 is 0 Å². The zero-order valence-corrected chi connectivity index (χ0v) is 9.39. The topological polar surface area (TPSA) is 50.2 Å². The van der Waals surface area contributed by atoms with Gasteiger partial charge in [-0.3, -0.25) is 9.78 Å². The minimum absolute atomic E-state index is 0.404. The van der Waals surface area contributed by atoms with E-state index in [1.807, 2.05) is 30.3 Å². The summed E-state index contributed by atoms with van der Waals surface area (Å²) in [6.07, 6.45) is 2.10. The summed E-state index contributed by atoms with van der Waals surface area (Å²) in [6, 6.07) is 9.53. The van der Waals surface area contributed by atoms with E-state index in [0.29, 0.717) is 6.42 Å². The Balaban J connectivity index is 2.41. The van der Waals surface area contributed by atoms with Gasteiger partial charge in [0, 0.05) is 11.6 Å². The van der Waals surface area contributed by atoms with Gasteiger partial charge in [-0.2, -0.15) is 12.6 Å². The molecule has 0 radical (unpaired) electrons. The minimum Gasteiger partial charge on any atom is -0.480 e. The Morgan fingerprint density at radius 3 is 2.88 bits per heavy atom. The molecule has 2 aromatic rings. The van der Waals surface area contributed by atoms with Crippen molar-refractivity contribution in [1.82, 2.24) is 4.98 Å². The highest BCUT2D eigenvalue weighted by atomic mass is 32.1. The lowest BCUT2D eigenvalue weighted by Gasteiger charge is -2.08. The first-order chi connectivity index (χ1) is 7.68. The molecule has 1 unspecified atom stereocenters. The lowest BCUT2D eigenvalue weighted by molar-refractivity contribution is -0.136. The Labute approximate surface area is 98.5 Å². The number of pyridine rings is 1. The van der Waals surface area contributed by atoms with Gasteiger partial charge >= 0.3 is 5.97 Å². The van der Waals surface area contributed by atoms with E-state index in [1.54, 1.807) is 6.20 Å². The van der Waals surface area contributed by atoms with Crippen molar-refractivity contribution < 1.29 is 9.90 Å². The van der Waals surface area contributed by atoms with Gasteiger partial charge in [-0.1, -0.05) is 18.2 Å². The summed E-state index contributed by atoms with van der Waals surface area (Å²) in [4.78, 5) is 15.0. The summed E-state index contributed by atoms with van der Waals surface area (Å²) >= 11 is 4.04. The zero-order chi connectivity index (χ0) is 11.5. The molecular formula is C12H11NO2S. The SMILES string of the molecule is O=C(O)C(S)Cc1ccnc2ccccc12. The molecule has 1 atom stereocenters. The molecule has 1 heterocycles. The van der Waals surface area contributed by atoms with Crippen molar-refractivity contribution >= 4 is 29.5 Å². The first-order valence-electron chi connectivity index (χ1n) is 4.92. The molecule has 0 saturated carbocycles. The Bertz CT molecular complexity index is 522. The van der Waals surface area contributed by atoms with Gasteiger partial charge in [0.05, 0.1) is 5.52 Å². The van der Waals surface area contributed by atoms with E-state index in [0.717, 1.165) is 16.5 Å². The van der Waals surface area contributed by atoms with Crippen molar-refractivity contribution in [3.8, 4) is 0 Å². The molecule has 0 bridgehead atoms. The molecule has 1 N–H and O–H groups in total. The van der Waals surface area contributed by atoms with Crippen molar-refractivity contribution in [2.24, 2.45) is 0 Å². The molecule has 3 nitrogen and oxygen atoms in total. The highest BCUT2D eigenvalue weighted by Crippen LogP contribution is 2.18. The molecule has 0 aliphatic carbocycles. The molecule has 0 fully saturated rings. The summed E-state index contributed by atoms with van der Waals surface area (Å²) < 4.78 is 0. The zero-order valence-electron chi connectivity index (χ0n) is 8.50. The number of carboxylic acid groups (broad SMARTS) is 1. The summed E-state index contributed by atoms with van der Waals surface area (Å²) in [7, 11) is 0. The maximum Gasteiger partial charge on any atom is 0.316 e. The van der Waals surface area contributed by atoms with Gasteiger partial charge in [-0.05, 0) is 24.1 Å². The minimum atomic E-state index is -0.899. The van der Waals surface area contributed by atoms with Crippen LogP contribution in [-0.4, -0.2) is 21.3 Å². The van der Waals surface area contributed by atoms with Crippen LogP contribution in [0.3, 0.4) is 0 Å². The van der Waals surface area contributed by atoms with Crippen LogP contribution < -0.4 is 0 Å². The number of rotatable bonds is 3. The summed E-state index contributed by atoms with van der Waals surface area (Å²) in [5.41, 5.74) is 1.85. The number of hydrogen-bond acceptors (Lipinski definition) is 3. The van der Waals surface area contributed by atoms with Gasteiger partial charge in [0.25, 0.3) is 0 Å². The second-order valence-electron chi connectivity index (χ2n) is 3.55. The fraction of sp³-hybridized carbons (Fsp3) is 0.167. The molecule has 82 valence electrons. The number of carbonyl (C=O) groups is 1. The number of aliphatic carboxylic acids is 1. The first kappa shape index (κ1) is 11.0. The molecule has 1 aromatic heterocycles. The lowest BCUT2D eigenvalue weighted by atomic mass is 10.0. The number of thiol groups is 1. The van der Waals surface area contributed by atoms with Gasteiger partial charge < -0.3 is 5.11 Å². The summed E-state index contributed by atoms with van der Waals surface area (Å²) in [6.45, 7) is 0. The van der Waals surface area contributed by atoms with Crippen molar-refractivity contribution in [3.05, 3.63) is 42.1 Å². The van der Waals surface area contributed by atoms with E-state index in [9.17, 15) is 4.79 Å². The smallest absolute Gasteiger partial charge is 0.316 e. The average Bonchev–Trinajstić information content (AvgIpc) is 2.29. The van der Waals surface area contributed by atoms with Crippen LogP contribution in [-0.2, 0) is 11.2 Å². The van der Waals surface area contributed by atoms with E-state index in [1.165, 1.54) is 0 Å². The highest BCUT2D eigenvalue weighted by molar-refractivity contribution is 7.81. The molecule has 4 heteroatoms. The third kappa shape index (κ3) is 2.17. The van der Waals surface area contributed by atoms with Gasteiger partial charge in [0.15, 0.2) is 0 Å². The Hall–Kier alpha value is -1.55. The van der Waals surface area contributed by atoms with Gasteiger partial charge in [0.1, 0.15) is 5.25 Å². The molecule has 1 aromatic carbocycles. The van der Waals surface area contributed by atoms with Crippen LogP contribution in [0.4, 0.5) is 0 Å². The number of carboxylic acids is 1. The number of nitrogens with zero attached hydrogens (tertiary/aromatic N) is 1. The molecule has 0 aliphatic rings. The highest BCUT2D eigenvalue weighted by Gasteiger charge is 2.14. The predicted molar refractivity (Wildman–Crippen MR) is 65.9 cm³/mol. The number of benzene rings is 1. The van der Waals surface area contributed by atoms with Crippen molar-refractivity contribution in [3.63, 3.8) is 0 Å². The fourth-order valence-corrected chi connectivity index (χ4v) is 1.83. The maximum atomic E-state index is 10.7. The number of fused-ring (bicyclic) bond motifs is 1. The summed E-state index contributed by atoms with van der Waals surface area (Å²) in [5.74, 6) is -0.899. The van der Waals surface area contributed by atoms with Gasteiger partial charge in [-0.25, -0.2) is 0 Å². The Morgan fingerprint density at radius 2 is 2.12 bits per heavy atom. The number of para-hydroxylation sites is 1. The van der Waals surface area contributed by atoms with E-state index < -0.39 is 11.2 Å². The predicted octanol–water partition coefficient (Wildman–Crippen LogP) is 2.16. The summed E-state index contributed by atoms with van der Waals surface area (Å²) in [5, 5.41) is 9.14. The van der Waals surface area contributed by atoms with E-state index in [-0.39, 0.29) is 0 Å². The van der Waals surface area contributed by atoms with E-state index in [4.69, 9.17) is 5.11 Å². The fourth-order valence-electron chi connectivity index (χ4n) is 1.63. The molecule has 0 spiro atoms. The average molecular weight is 233 g/mol. The number of aromatic nitrogens is 1. The van der Waals surface area contributed by atoms with Crippen LogP contribution in [0, 0.1) is 0 Å². The van der Waals surface area contributed by atoms with Crippen LogP contribution >= 0.6 is 12.6 Å². The molecule has 0 saturated heterocycles. The Morgan fingerprint density at radius 1 is 1.38 bits per heavy atom. The van der Waals surface area contributed by atoms with Crippen LogP contribution in [0.1, 0.15) is 5.56 Å². The van der Waals surface area contributed by atoms with Crippen LogP contribution in [0.5, 0.6) is 0 Å². The third-order valence-corrected chi connectivity index (χ3v) is 2.84. The quantitative estimate of drug-likeness (QED) is 0.799.